The topological polar surface area (TPSA) is 32.3 Å². The highest BCUT2D eigenvalue weighted by Crippen LogP contribution is 2.16. The maximum atomic E-state index is 12.3. The zero-order valence-corrected chi connectivity index (χ0v) is 11.3. The van der Waals surface area contributed by atoms with Gasteiger partial charge in [-0.15, -0.1) is 0 Å². The number of hydrogen-bond acceptors (Lipinski definition) is 2. The first-order valence-electron chi connectivity index (χ1n) is 6.37. The summed E-state index contributed by atoms with van der Waals surface area (Å²) >= 11 is 0. The Morgan fingerprint density at radius 2 is 2.12 bits per heavy atom. The number of rotatable bonds is 3. The van der Waals surface area contributed by atoms with E-state index >= 15 is 0 Å². The highest BCUT2D eigenvalue weighted by atomic mass is 16.2. The van der Waals surface area contributed by atoms with Crippen LogP contribution in [0.15, 0.2) is 0 Å². The largest absolute Gasteiger partial charge is 0.341 e. The lowest BCUT2D eigenvalue weighted by atomic mass is 10.0. The van der Waals surface area contributed by atoms with Crippen molar-refractivity contribution in [2.45, 2.75) is 46.6 Å². The molecule has 1 aliphatic heterocycles. The Kier molecular flexibility index (Phi) is 4.36. The van der Waals surface area contributed by atoms with E-state index in [1.54, 1.807) is 0 Å². The van der Waals surface area contributed by atoms with Gasteiger partial charge in [-0.05, 0) is 32.1 Å². The Morgan fingerprint density at radius 3 is 2.69 bits per heavy atom. The molecule has 0 saturated carbocycles. The van der Waals surface area contributed by atoms with Crippen LogP contribution in [0.2, 0.25) is 0 Å². The molecule has 1 aliphatic rings. The molecule has 16 heavy (non-hydrogen) atoms. The molecule has 0 bridgehead atoms. The van der Waals surface area contributed by atoms with Crippen LogP contribution in [0, 0.1) is 11.8 Å². The van der Waals surface area contributed by atoms with Crippen LogP contribution in [0.25, 0.3) is 0 Å². The van der Waals surface area contributed by atoms with E-state index in [4.69, 9.17) is 0 Å². The molecule has 0 aromatic carbocycles. The molecule has 3 nitrogen and oxygen atoms in total. The Bertz CT molecular complexity index is 248. The SMILES string of the molecule is CC(C)CCN1CC(C)CNC(C)(C)C1=O. The van der Waals surface area contributed by atoms with E-state index in [0.717, 1.165) is 26.1 Å². The van der Waals surface area contributed by atoms with Gasteiger partial charge in [-0.25, -0.2) is 0 Å². The summed E-state index contributed by atoms with van der Waals surface area (Å²) in [4.78, 5) is 14.3. The van der Waals surface area contributed by atoms with Gasteiger partial charge in [-0.3, -0.25) is 4.79 Å². The van der Waals surface area contributed by atoms with E-state index in [1.165, 1.54) is 0 Å². The summed E-state index contributed by atoms with van der Waals surface area (Å²) in [5.41, 5.74) is -0.401. The molecule has 1 atom stereocenters. The van der Waals surface area contributed by atoms with Crippen LogP contribution in [-0.4, -0.2) is 36.0 Å². The number of carbonyl (C=O) groups excluding carboxylic acids is 1. The van der Waals surface area contributed by atoms with Crippen LogP contribution in [0.5, 0.6) is 0 Å². The van der Waals surface area contributed by atoms with E-state index in [2.05, 4.69) is 26.1 Å². The summed E-state index contributed by atoms with van der Waals surface area (Å²) < 4.78 is 0. The second-order valence-corrected chi connectivity index (χ2v) is 6.04. The van der Waals surface area contributed by atoms with Crippen molar-refractivity contribution < 1.29 is 4.79 Å². The Balaban J connectivity index is 2.67. The molecule has 0 radical (unpaired) electrons. The number of nitrogens with zero attached hydrogens (tertiary/aromatic N) is 1. The first-order chi connectivity index (χ1) is 7.33. The second kappa shape index (κ2) is 5.17. The second-order valence-electron chi connectivity index (χ2n) is 6.04. The minimum Gasteiger partial charge on any atom is -0.341 e. The Hall–Kier alpha value is -0.570. The summed E-state index contributed by atoms with van der Waals surface area (Å²) in [6, 6.07) is 0. The quantitative estimate of drug-likeness (QED) is 0.797. The molecule has 1 fully saturated rings. The smallest absolute Gasteiger partial charge is 0.242 e. The number of nitrogens with one attached hydrogen (secondary N) is 1. The van der Waals surface area contributed by atoms with Gasteiger partial charge >= 0.3 is 0 Å². The van der Waals surface area contributed by atoms with Crippen molar-refractivity contribution in [1.82, 2.24) is 10.2 Å². The summed E-state index contributed by atoms with van der Waals surface area (Å²) in [5.74, 6) is 1.44. The average molecular weight is 226 g/mol. The first kappa shape index (κ1) is 13.5. The predicted molar refractivity (Wildman–Crippen MR) is 67.3 cm³/mol. The van der Waals surface area contributed by atoms with Crippen molar-refractivity contribution in [3.8, 4) is 0 Å². The molecule has 0 aromatic heterocycles. The summed E-state index contributed by atoms with van der Waals surface area (Å²) in [6.07, 6.45) is 1.09. The minimum atomic E-state index is -0.401. The normalized spacial score (nSPS) is 26.0. The molecule has 1 rings (SSSR count). The molecule has 3 heteroatoms. The van der Waals surface area contributed by atoms with E-state index in [-0.39, 0.29) is 5.91 Å². The first-order valence-corrected chi connectivity index (χ1v) is 6.37. The lowest BCUT2D eigenvalue weighted by Gasteiger charge is -2.29. The van der Waals surface area contributed by atoms with Gasteiger partial charge in [0.1, 0.15) is 0 Å². The third-order valence-corrected chi connectivity index (χ3v) is 3.22. The molecule has 1 heterocycles. The lowest BCUT2D eigenvalue weighted by molar-refractivity contribution is -0.136. The van der Waals surface area contributed by atoms with Crippen LogP contribution in [0.4, 0.5) is 0 Å². The van der Waals surface area contributed by atoms with Crippen LogP contribution >= 0.6 is 0 Å². The van der Waals surface area contributed by atoms with Crippen molar-refractivity contribution in [2.24, 2.45) is 11.8 Å². The van der Waals surface area contributed by atoms with E-state index in [9.17, 15) is 4.79 Å². The van der Waals surface area contributed by atoms with Crippen molar-refractivity contribution in [2.75, 3.05) is 19.6 Å². The van der Waals surface area contributed by atoms with Crippen molar-refractivity contribution >= 4 is 5.91 Å². The fourth-order valence-corrected chi connectivity index (χ4v) is 2.03. The Labute approximate surface area is 99.6 Å². The van der Waals surface area contributed by atoms with E-state index < -0.39 is 5.54 Å². The summed E-state index contributed by atoms with van der Waals surface area (Å²) in [7, 11) is 0. The standard InChI is InChI=1S/C13H26N2O/c1-10(2)6-7-15-9-11(3)8-14-13(4,5)12(15)16/h10-11,14H,6-9H2,1-5H3. The van der Waals surface area contributed by atoms with Crippen molar-refractivity contribution in [3.63, 3.8) is 0 Å². The van der Waals surface area contributed by atoms with Crippen LogP contribution in [0.3, 0.4) is 0 Å². The molecular weight excluding hydrogens is 200 g/mol. The van der Waals surface area contributed by atoms with Gasteiger partial charge in [0.15, 0.2) is 0 Å². The average Bonchev–Trinajstić information content (AvgIpc) is 2.27. The van der Waals surface area contributed by atoms with Crippen LogP contribution in [-0.2, 0) is 4.79 Å². The molecule has 0 aromatic rings. The molecule has 1 N–H and O–H groups in total. The van der Waals surface area contributed by atoms with Gasteiger partial charge in [-0.1, -0.05) is 20.8 Å². The third-order valence-electron chi connectivity index (χ3n) is 3.22. The van der Waals surface area contributed by atoms with Gasteiger partial charge in [0, 0.05) is 19.6 Å². The number of hydrogen-bond donors (Lipinski definition) is 1. The van der Waals surface area contributed by atoms with Crippen LogP contribution in [0.1, 0.15) is 41.0 Å². The summed E-state index contributed by atoms with van der Waals surface area (Å²) in [5, 5.41) is 3.35. The molecular formula is C13H26N2O. The molecule has 1 amide bonds. The minimum absolute atomic E-state index is 0.248. The highest BCUT2D eigenvalue weighted by molar-refractivity contribution is 5.85. The van der Waals surface area contributed by atoms with Gasteiger partial charge in [0.05, 0.1) is 5.54 Å². The van der Waals surface area contributed by atoms with Crippen LogP contribution < -0.4 is 5.32 Å². The van der Waals surface area contributed by atoms with Gasteiger partial charge in [0.25, 0.3) is 0 Å². The lowest BCUT2D eigenvalue weighted by Crippen LogP contribution is -2.51. The third kappa shape index (κ3) is 3.48. The van der Waals surface area contributed by atoms with Crippen molar-refractivity contribution in [3.05, 3.63) is 0 Å². The van der Waals surface area contributed by atoms with E-state index in [0.29, 0.717) is 11.8 Å². The molecule has 0 spiro atoms. The zero-order chi connectivity index (χ0) is 12.3. The monoisotopic (exact) mass is 226 g/mol. The van der Waals surface area contributed by atoms with Gasteiger partial charge < -0.3 is 10.2 Å². The molecule has 1 unspecified atom stereocenters. The fourth-order valence-electron chi connectivity index (χ4n) is 2.03. The maximum absolute atomic E-state index is 12.3. The predicted octanol–water partition coefficient (Wildman–Crippen LogP) is 1.88. The zero-order valence-electron chi connectivity index (χ0n) is 11.3. The van der Waals surface area contributed by atoms with Gasteiger partial charge in [0.2, 0.25) is 5.91 Å². The fraction of sp³-hybridized carbons (Fsp3) is 0.923. The van der Waals surface area contributed by atoms with Crippen molar-refractivity contribution in [1.29, 1.82) is 0 Å². The highest BCUT2D eigenvalue weighted by Gasteiger charge is 2.35. The van der Waals surface area contributed by atoms with Gasteiger partial charge in [-0.2, -0.15) is 0 Å². The maximum Gasteiger partial charge on any atom is 0.242 e. The van der Waals surface area contributed by atoms with E-state index in [1.807, 2.05) is 18.7 Å². The molecule has 1 saturated heterocycles. The number of carbonyl (C=O) groups is 1. The molecule has 94 valence electrons. The summed E-state index contributed by atoms with van der Waals surface area (Å²) in [6.45, 7) is 13.3. The number of amides is 1. The Morgan fingerprint density at radius 1 is 1.50 bits per heavy atom. The molecule has 0 aliphatic carbocycles.